The van der Waals surface area contributed by atoms with E-state index in [1.54, 1.807) is 0 Å². The maximum atomic E-state index is 11.9. The van der Waals surface area contributed by atoms with Crippen molar-refractivity contribution in [2.45, 2.75) is 37.7 Å². The highest BCUT2D eigenvalue weighted by Gasteiger charge is 2.65. The minimum Gasteiger partial charge on any atom is -0.388 e. The molecule has 2 N–H and O–H groups in total. The summed E-state index contributed by atoms with van der Waals surface area (Å²) in [6, 6.07) is 0. The molecular weight excluding hydrogens is 216 g/mol. The lowest BCUT2D eigenvalue weighted by molar-refractivity contribution is -0.124. The zero-order valence-corrected chi connectivity index (χ0v) is 10.5. The smallest absolute Gasteiger partial charge is 0.223 e. The molecular formula is C13H22N2O2. The van der Waals surface area contributed by atoms with Crippen LogP contribution in [0.15, 0.2) is 0 Å². The van der Waals surface area contributed by atoms with Crippen LogP contribution >= 0.6 is 0 Å². The Hall–Kier alpha value is -0.610. The van der Waals surface area contributed by atoms with E-state index in [1.807, 2.05) is 0 Å². The van der Waals surface area contributed by atoms with Crippen LogP contribution in [0.2, 0.25) is 0 Å². The predicted molar refractivity (Wildman–Crippen MR) is 64.5 cm³/mol. The quantitative estimate of drug-likeness (QED) is 0.746. The number of piperidine rings is 1. The van der Waals surface area contributed by atoms with Crippen LogP contribution < -0.4 is 5.32 Å². The Kier molecular flexibility index (Phi) is 2.49. The third-order valence-corrected chi connectivity index (χ3v) is 4.91. The van der Waals surface area contributed by atoms with Crippen LogP contribution in [0, 0.1) is 11.3 Å². The molecule has 3 fully saturated rings. The van der Waals surface area contributed by atoms with Crippen molar-refractivity contribution in [1.82, 2.24) is 10.2 Å². The molecule has 1 saturated heterocycles. The zero-order chi connectivity index (χ0) is 12.1. The molecule has 0 aromatic rings. The Balaban J connectivity index is 1.45. The highest BCUT2D eigenvalue weighted by atomic mass is 16.3. The van der Waals surface area contributed by atoms with Gasteiger partial charge in [0.25, 0.3) is 0 Å². The van der Waals surface area contributed by atoms with E-state index in [0.717, 1.165) is 32.4 Å². The lowest BCUT2D eigenvalue weighted by atomic mass is 9.91. The van der Waals surface area contributed by atoms with Crippen molar-refractivity contribution < 1.29 is 9.90 Å². The number of nitrogens with zero attached hydrogens (tertiary/aromatic N) is 1. The summed E-state index contributed by atoms with van der Waals surface area (Å²) in [5.74, 6) is 0.437. The molecule has 1 aliphatic heterocycles. The largest absolute Gasteiger partial charge is 0.388 e. The fraction of sp³-hybridized carbons (Fsp3) is 0.923. The topological polar surface area (TPSA) is 52.6 Å². The first-order valence-electron chi connectivity index (χ1n) is 6.72. The zero-order valence-electron chi connectivity index (χ0n) is 10.5. The van der Waals surface area contributed by atoms with Gasteiger partial charge in [-0.1, -0.05) is 0 Å². The number of rotatable bonds is 3. The number of aliphatic hydroxyl groups is 1. The SMILES string of the molecule is CN1CCC(O)(CNC(=O)C2CC23CC3)CC1. The van der Waals surface area contributed by atoms with Crippen molar-refractivity contribution in [3.63, 3.8) is 0 Å². The molecule has 1 amide bonds. The van der Waals surface area contributed by atoms with E-state index in [1.165, 1.54) is 12.8 Å². The van der Waals surface area contributed by atoms with Crippen LogP contribution in [-0.4, -0.2) is 48.2 Å². The molecule has 0 aromatic carbocycles. The molecule has 4 nitrogen and oxygen atoms in total. The maximum absolute atomic E-state index is 11.9. The van der Waals surface area contributed by atoms with Crippen molar-refractivity contribution in [3.05, 3.63) is 0 Å². The van der Waals surface area contributed by atoms with Gasteiger partial charge in [-0.2, -0.15) is 0 Å². The molecule has 17 heavy (non-hydrogen) atoms. The van der Waals surface area contributed by atoms with Gasteiger partial charge >= 0.3 is 0 Å². The molecule has 96 valence electrons. The van der Waals surface area contributed by atoms with Crippen LogP contribution in [-0.2, 0) is 4.79 Å². The van der Waals surface area contributed by atoms with Crippen molar-refractivity contribution >= 4 is 5.91 Å². The molecule has 0 radical (unpaired) electrons. The van der Waals surface area contributed by atoms with Gasteiger partial charge in [0.05, 0.1) is 5.60 Å². The fourth-order valence-electron chi connectivity index (χ4n) is 3.02. The Labute approximate surface area is 102 Å². The highest BCUT2D eigenvalue weighted by molar-refractivity contribution is 5.83. The van der Waals surface area contributed by atoms with Crippen LogP contribution in [0.4, 0.5) is 0 Å². The minimum atomic E-state index is -0.673. The second-order valence-corrected chi connectivity index (χ2v) is 6.36. The molecule has 1 unspecified atom stereocenters. The molecule has 3 rings (SSSR count). The second kappa shape index (κ2) is 3.69. The number of amides is 1. The van der Waals surface area contributed by atoms with Gasteiger partial charge in [-0.05, 0) is 44.6 Å². The average Bonchev–Trinajstić information content (AvgIpc) is 3.22. The highest BCUT2D eigenvalue weighted by Crippen LogP contribution is 2.70. The van der Waals surface area contributed by atoms with Crippen molar-refractivity contribution in [2.75, 3.05) is 26.7 Å². The summed E-state index contributed by atoms with van der Waals surface area (Å²) in [4.78, 5) is 14.1. The van der Waals surface area contributed by atoms with Crippen LogP contribution in [0.5, 0.6) is 0 Å². The first kappa shape index (κ1) is 11.5. The molecule has 2 saturated carbocycles. The molecule has 1 heterocycles. The third-order valence-electron chi connectivity index (χ3n) is 4.91. The number of hydrogen-bond acceptors (Lipinski definition) is 3. The monoisotopic (exact) mass is 238 g/mol. The van der Waals surface area contributed by atoms with E-state index in [0.29, 0.717) is 12.0 Å². The first-order valence-corrected chi connectivity index (χ1v) is 6.72. The van der Waals surface area contributed by atoms with E-state index < -0.39 is 5.60 Å². The van der Waals surface area contributed by atoms with Crippen molar-refractivity contribution in [1.29, 1.82) is 0 Å². The lowest BCUT2D eigenvalue weighted by Gasteiger charge is -2.36. The van der Waals surface area contributed by atoms with Gasteiger partial charge < -0.3 is 15.3 Å². The number of carbonyl (C=O) groups excluding carboxylic acids is 1. The van der Waals surface area contributed by atoms with Gasteiger partial charge in [0, 0.05) is 25.6 Å². The number of likely N-dealkylation sites (tertiary alicyclic amines) is 1. The normalized spacial score (nSPS) is 33.4. The minimum absolute atomic E-state index is 0.176. The van der Waals surface area contributed by atoms with Crippen LogP contribution in [0.3, 0.4) is 0 Å². The Morgan fingerprint density at radius 2 is 2.00 bits per heavy atom. The summed E-state index contributed by atoms with van der Waals surface area (Å²) in [5.41, 5.74) is -0.257. The lowest BCUT2D eigenvalue weighted by Crippen LogP contribution is -2.50. The second-order valence-electron chi connectivity index (χ2n) is 6.36. The average molecular weight is 238 g/mol. The van der Waals surface area contributed by atoms with E-state index >= 15 is 0 Å². The molecule has 2 aliphatic carbocycles. The standard InChI is InChI=1S/C13H22N2O2/c1-15-6-4-13(17,5-7-15)9-14-11(16)10-8-12(10)2-3-12/h10,17H,2-9H2,1H3,(H,14,16). The summed E-state index contributed by atoms with van der Waals surface area (Å²) in [6.45, 7) is 2.27. The number of hydrogen-bond donors (Lipinski definition) is 2. The van der Waals surface area contributed by atoms with E-state index in [4.69, 9.17) is 0 Å². The predicted octanol–water partition coefficient (Wildman–Crippen LogP) is 0.359. The summed E-state index contributed by atoms with van der Waals surface area (Å²) in [7, 11) is 2.07. The molecule has 1 atom stereocenters. The fourth-order valence-corrected chi connectivity index (χ4v) is 3.02. The van der Waals surface area contributed by atoms with Crippen molar-refractivity contribution in [3.8, 4) is 0 Å². The van der Waals surface area contributed by atoms with E-state index in [9.17, 15) is 9.90 Å². The number of nitrogens with one attached hydrogen (secondary N) is 1. The van der Waals surface area contributed by atoms with Gasteiger partial charge in [-0.25, -0.2) is 0 Å². The molecule has 0 bridgehead atoms. The van der Waals surface area contributed by atoms with Gasteiger partial charge in [0.15, 0.2) is 0 Å². The summed E-state index contributed by atoms with van der Waals surface area (Å²) >= 11 is 0. The Morgan fingerprint density at radius 1 is 1.35 bits per heavy atom. The van der Waals surface area contributed by atoms with Crippen LogP contribution in [0.1, 0.15) is 32.1 Å². The number of carbonyl (C=O) groups is 1. The van der Waals surface area contributed by atoms with Gasteiger partial charge in [0.2, 0.25) is 5.91 Å². The van der Waals surface area contributed by atoms with E-state index in [-0.39, 0.29) is 11.8 Å². The third kappa shape index (κ3) is 2.20. The Morgan fingerprint density at radius 3 is 2.53 bits per heavy atom. The van der Waals surface area contributed by atoms with E-state index in [2.05, 4.69) is 17.3 Å². The molecule has 1 spiro atoms. The molecule has 4 heteroatoms. The Bertz CT molecular complexity index is 330. The first-order chi connectivity index (χ1) is 8.03. The van der Waals surface area contributed by atoms with Gasteiger partial charge in [-0.3, -0.25) is 4.79 Å². The summed E-state index contributed by atoms with van der Waals surface area (Å²) in [5, 5.41) is 13.3. The van der Waals surface area contributed by atoms with Gasteiger partial charge in [0.1, 0.15) is 0 Å². The van der Waals surface area contributed by atoms with Gasteiger partial charge in [-0.15, -0.1) is 0 Å². The maximum Gasteiger partial charge on any atom is 0.223 e. The molecule has 3 aliphatic rings. The summed E-state index contributed by atoms with van der Waals surface area (Å²) < 4.78 is 0. The van der Waals surface area contributed by atoms with Crippen molar-refractivity contribution in [2.24, 2.45) is 11.3 Å². The van der Waals surface area contributed by atoms with Crippen LogP contribution in [0.25, 0.3) is 0 Å². The molecule has 0 aromatic heterocycles. The summed E-state index contributed by atoms with van der Waals surface area (Å²) in [6.07, 6.45) is 5.08.